The van der Waals surface area contributed by atoms with E-state index in [4.69, 9.17) is 0 Å². The minimum atomic E-state index is -3.16. The van der Waals surface area contributed by atoms with Crippen molar-refractivity contribution in [2.24, 2.45) is 10.9 Å². The first kappa shape index (κ1) is 23.0. The molecule has 2 N–H and O–H groups in total. The topological polar surface area (TPSA) is 77.0 Å². The fourth-order valence-electron chi connectivity index (χ4n) is 4.60. The van der Waals surface area contributed by atoms with Gasteiger partial charge in [-0.3, -0.25) is 9.89 Å². The first-order valence-electron chi connectivity index (χ1n) is 11.3. The summed E-state index contributed by atoms with van der Waals surface area (Å²) in [5.41, 5.74) is 1.39. The Morgan fingerprint density at radius 3 is 2.70 bits per heavy atom. The third-order valence-corrected chi connectivity index (χ3v) is 7.53. The van der Waals surface area contributed by atoms with Gasteiger partial charge in [-0.05, 0) is 51.1 Å². The van der Waals surface area contributed by atoms with Crippen molar-refractivity contribution >= 4 is 16.0 Å². The Morgan fingerprint density at radius 1 is 1.17 bits per heavy atom. The van der Waals surface area contributed by atoms with Crippen LogP contribution in [0.15, 0.2) is 35.3 Å². The van der Waals surface area contributed by atoms with E-state index in [0.717, 1.165) is 38.6 Å². The summed E-state index contributed by atoms with van der Waals surface area (Å²) < 4.78 is 25.8. The van der Waals surface area contributed by atoms with Crippen LogP contribution in [0.2, 0.25) is 0 Å². The van der Waals surface area contributed by atoms with E-state index in [1.165, 1.54) is 24.9 Å². The number of benzene rings is 1. The molecule has 0 amide bonds. The Kier molecular flexibility index (Phi) is 8.53. The van der Waals surface area contributed by atoms with Gasteiger partial charge in [0, 0.05) is 38.8 Å². The monoisotopic (exact) mass is 435 g/mol. The van der Waals surface area contributed by atoms with Crippen molar-refractivity contribution in [2.75, 3.05) is 45.0 Å². The van der Waals surface area contributed by atoms with Crippen molar-refractivity contribution in [1.82, 2.24) is 19.8 Å². The van der Waals surface area contributed by atoms with Crippen LogP contribution in [0.5, 0.6) is 0 Å². The van der Waals surface area contributed by atoms with Crippen LogP contribution in [-0.4, -0.2) is 75.2 Å². The van der Waals surface area contributed by atoms with Crippen molar-refractivity contribution in [2.45, 2.75) is 45.7 Å². The standard InChI is InChI=1S/C22H37N5O2S/c1-3-23-22(24-13-14-25-30(28,29)4-2)27-16-12-21-20(18-27)11-8-15-26(21)17-19-9-6-5-7-10-19/h5-7,9-10,20-21,25H,3-4,8,11-18H2,1-2H3,(H,23,24). The third kappa shape index (κ3) is 6.43. The number of sulfonamides is 1. The fraction of sp³-hybridized carbons (Fsp3) is 0.682. The molecule has 2 atom stereocenters. The van der Waals surface area contributed by atoms with Crippen LogP contribution in [0.25, 0.3) is 0 Å². The number of nitrogens with one attached hydrogen (secondary N) is 2. The van der Waals surface area contributed by atoms with Gasteiger partial charge in [-0.15, -0.1) is 0 Å². The smallest absolute Gasteiger partial charge is 0.211 e. The Balaban J connectivity index is 1.58. The summed E-state index contributed by atoms with van der Waals surface area (Å²) in [6.45, 7) is 9.54. The molecule has 168 valence electrons. The van der Waals surface area contributed by atoms with Gasteiger partial charge in [-0.1, -0.05) is 30.3 Å². The predicted molar refractivity (Wildman–Crippen MR) is 123 cm³/mol. The molecule has 2 fully saturated rings. The molecule has 0 bridgehead atoms. The number of hydrogen-bond donors (Lipinski definition) is 2. The number of hydrogen-bond acceptors (Lipinski definition) is 4. The first-order valence-corrected chi connectivity index (χ1v) is 13.0. The van der Waals surface area contributed by atoms with E-state index in [-0.39, 0.29) is 5.75 Å². The summed E-state index contributed by atoms with van der Waals surface area (Å²) in [6.07, 6.45) is 3.65. The average molecular weight is 436 g/mol. The normalized spacial score (nSPS) is 23.3. The number of likely N-dealkylation sites (tertiary alicyclic amines) is 2. The van der Waals surface area contributed by atoms with Crippen molar-refractivity contribution in [3.8, 4) is 0 Å². The molecule has 1 aromatic rings. The van der Waals surface area contributed by atoms with E-state index in [1.54, 1.807) is 6.92 Å². The molecule has 0 radical (unpaired) electrons. The molecular formula is C22H37N5O2S. The Bertz CT molecular complexity index is 784. The van der Waals surface area contributed by atoms with E-state index in [9.17, 15) is 8.42 Å². The molecule has 1 aromatic carbocycles. The summed E-state index contributed by atoms with van der Waals surface area (Å²) in [5, 5.41) is 3.40. The lowest BCUT2D eigenvalue weighted by Crippen LogP contribution is -2.56. The number of fused-ring (bicyclic) bond motifs is 1. The summed E-state index contributed by atoms with van der Waals surface area (Å²) in [5.74, 6) is 1.66. The lowest BCUT2D eigenvalue weighted by Gasteiger charge is -2.48. The molecule has 30 heavy (non-hydrogen) atoms. The minimum absolute atomic E-state index is 0.103. The second-order valence-corrected chi connectivity index (χ2v) is 10.3. The molecular weight excluding hydrogens is 398 g/mol. The molecule has 2 heterocycles. The summed E-state index contributed by atoms with van der Waals surface area (Å²) in [4.78, 5) is 9.73. The van der Waals surface area contributed by atoms with Gasteiger partial charge < -0.3 is 10.2 Å². The second kappa shape index (κ2) is 11.1. The minimum Gasteiger partial charge on any atom is -0.357 e. The van der Waals surface area contributed by atoms with E-state index in [2.05, 4.69) is 62.1 Å². The van der Waals surface area contributed by atoms with Crippen LogP contribution >= 0.6 is 0 Å². The zero-order chi connectivity index (χ0) is 21.4. The van der Waals surface area contributed by atoms with Crippen molar-refractivity contribution in [3.05, 3.63) is 35.9 Å². The van der Waals surface area contributed by atoms with Gasteiger partial charge in [-0.25, -0.2) is 13.1 Å². The van der Waals surface area contributed by atoms with Crippen LogP contribution < -0.4 is 10.0 Å². The number of aliphatic imine (C=N–C) groups is 1. The maximum Gasteiger partial charge on any atom is 0.211 e. The predicted octanol–water partition coefficient (Wildman–Crippen LogP) is 1.88. The van der Waals surface area contributed by atoms with Crippen LogP contribution in [0.1, 0.15) is 38.7 Å². The van der Waals surface area contributed by atoms with E-state index in [0.29, 0.717) is 25.0 Å². The van der Waals surface area contributed by atoms with Crippen molar-refractivity contribution in [3.63, 3.8) is 0 Å². The van der Waals surface area contributed by atoms with Gasteiger partial charge in [-0.2, -0.15) is 0 Å². The Hall–Kier alpha value is -1.64. The van der Waals surface area contributed by atoms with Gasteiger partial charge in [0.05, 0.1) is 12.3 Å². The van der Waals surface area contributed by atoms with E-state index < -0.39 is 10.0 Å². The molecule has 3 rings (SSSR count). The second-order valence-electron chi connectivity index (χ2n) is 8.19. The summed E-state index contributed by atoms with van der Waals surface area (Å²) in [7, 11) is -3.16. The SMILES string of the molecule is CCNC(=NCCNS(=O)(=O)CC)N1CCC2C(CCCN2Cc2ccccc2)C1. The highest BCUT2D eigenvalue weighted by Gasteiger charge is 2.36. The van der Waals surface area contributed by atoms with Crippen molar-refractivity contribution < 1.29 is 8.42 Å². The largest absolute Gasteiger partial charge is 0.357 e. The number of piperidine rings is 2. The number of rotatable bonds is 8. The quantitative estimate of drug-likeness (QED) is 0.370. The fourth-order valence-corrected chi connectivity index (χ4v) is 5.21. The van der Waals surface area contributed by atoms with Gasteiger partial charge in [0.2, 0.25) is 10.0 Å². The number of nitrogens with zero attached hydrogens (tertiary/aromatic N) is 3. The molecule has 2 unspecified atom stereocenters. The highest BCUT2D eigenvalue weighted by atomic mass is 32.2. The van der Waals surface area contributed by atoms with Gasteiger partial charge in [0.1, 0.15) is 0 Å². The Labute approximate surface area is 182 Å². The van der Waals surface area contributed by atoms with E-state index >= 15 is 0 Å². The van der Waals surface area contributed by atoms with Crippen LogP contribution in [0, 0.1) is 5.92 Å². The van der Waals surface area contributed by atoms with Crippen molar-refractivity contribution in [1.29, 1.82) is 0 Å². The molecule has 0 spiro atoms. The maximum absolute atomic E-state index is 11.6. The zero-order valence-corrected chi connectivity index (χ0v) is 19.2. The van der Waals surface area contributed by atoms with Gasteiger partial charge in [0.25, 0.3) is 0 Å². The van der Waals surface area contributed by atoms with Gasteiger partial charge >= 0.3 is 0 Å². The Morgan fingerprint density at radius 2 is 1.97 bits per heavy atom. The summed E-state index contributed by atoms with van der Waals surface area (Å²) >= 11 is 0. The van der Waals surface area contributed by atoms with Crippen LogP contribution in [0.4, 0.5) is 0 Å². The molecule has 2 saturated heterocycles. The molecule has 2 aliphatic heterocycles. The third-order valence-electron chi connectivity index (χ3n) is 6.12. The van der Waals surface area contributed by atoms with Crippen LogP contribution in [0.3, 0.4) is 0 Å². The molecule has 8 heteroatoms. The highest BCUT2D eigenvalue weighted by Crippen LogP contribution is 2.31. The number of guanidine groups is 1. The van der Waals surface area contributed by atoms with E-state index in [1.807, 2.05) is 0 Å². The average Bonchev–Trinajstić information content (AvgIpc) is 2.76. The molecule has 7 nitrogen and oxygen atoms in total. The maximum atomic E-state index is 11.6. The van der Waals surface area contributed by atoms with Crippen LogP contribution in [-0.2, 0) is 16.6 Å². The highest BCUT2D eigenvalue weighted by molar-refractivity contribution is 7.89. The zero-order valence-electron chi connectivity index (χ0n) is 18.4. The summed E-state index contributed by atoms with van der Waals surface area (Å²) in [6, 6.07) is 11.4. The molecule has 0 aromatic heterocycles. The molecule has 2 aliphatic rings. The molecule has 0 aliphatic carbocycles. The first-order chi connectivity index (χ1) is 14.5. The van der Waals surface area contributed by atoms with Gasteiger partial charge in [0.15, 0.2) is 5.96 Å². The lowest BCUT2D eigenvalue weighted by atomic mass is 9.83. The molecule has 0 saturated carbocycles. The lowest BCUT2D eigenvalue weighted by molar-refractivity contribution is 0.0372.